The predicted molar refractivity (Wildman–Crippen MR) is 110 cm³/mol. The lowest BCUT2D eigenvalue weighted by Gasteiger charge is -2.26. The molecule has 0 heterocycles. The van der Waals surface area contributed by atoms with Crippen LogP contribution >= 0.6 is 0 Å². The van der Waals surface area contributed by atoms with Gasteiger partial charge in [0.05, 0.1) is 13.2 Å². The number of allylic oxidation sites excluding steroid dienone is 2. The van der Waals surface area contributed by atoms with E-state index in [1.165, 1.54) is 77.0 Å². The highest BCUT2D eigenvalue weighted by Gasteiger charge is 2.19. The van der Waals surface area contributed by atoms with E-state index in [2.05, 4.69) is 38.2 Å². The van der Waals surface area contributed by atoms with Crippen LogP contribution in [0.25, 0.3) is 0 Å². The smallest absolute Gasteiger partial charge is 0.0651 e. The van der Waals surface area contributed by atoms with E-state index in [0.717, 1.165) is 36.9 Å². The van der Waals surface area contributed by atoms with Crippen LogP contribution in [-0.2, 0) is 4.74 Å². The molecular formula is C24H42O. The van der Waals surface area contributed by atoms with Gasteiger partial charge < -0.3 is 4.74 Å². The standard InChI is InChI=1S/C24H42O/c1-3-7-21-11-15-23(16-12-21)9-5-19-25-20-6-10-24-17-13-22(8-4-2)14-18-24/h5-6,9-10,21-24H,3-4,7-8,11-20H2,1-2H3/b9-5+,10-6+/t21-,22-,23-,24-. The first kappa shape index (κ1) is 20.7. The second-order valence-corrected chi connectivity index (χ2v) is 8.53. The largest absolute Gasteiger partial charge is 0.373 e. The minimum absolute atomic E-state index is 0.780. The van der Waals surface area contributed by atoms with Crippen LogP contribution in [0.2, 0.25) is 0 Å². The maximum atomic E-state index is 5.76. The highest BCUT2D eigenvalue weighted by atomic mass is 16.5. The first-order valence-electron chi connectivity index (χ1n) is 11.2. The van der Waals surface area contributed by atoms with Crippen molar-refractivity contribution in [1.82, 2.24) is 0 Å². The van der Waals surface area contributed by atoms with E-state index in [0.29, 0.717) is 0 Å². The van der Waals surface area contributed by atoms with E-state index in [1.54, 1.807) is 0 Å². The summed E-state index contributed by atoms with van der Waals surface area (Å²) in [5, 5.41) is 0. The lowest BCUT2D eigenvalue weighted by Crippen LogP contribution is -2.13. The van der Waals surface area contributed by atoms with Crippen molar-refractivity contribution < 1.29 is 4.74 Å². The van der Waals surface area contributed by atoms with Crippen LogP contribution in [0.15, 0.2) is 24.3 Å². The molecule has 0 aromatic heterocycles. The highest BCUT2D eigenvalue weighted by molar-refractivity contribution is 4.93. The maximum absolute atomic E-state index is 5.76. The topological polar surface area (TPSA) is 9.23 Å². The van der Waals surface area contributed by atoms with Crippen molar-refractivity contribution in [2.24, 2.45) is 23.7 Å². The van der Waals surface area contributed by atoms with E-state index in [9.17, 15) is 0 Å². The third kappa shape index (κ3) is 8.58. The van der Waals surface area contributed by atoms with Crippen molar-refractivity contribution in [2.75, 3.05) is 13.2 Å². The van der Waals surface area contributed by atoms with Gasteiger partial charge in [0.25, 0.3) is 0 Å². The molecule has 0 bridgehead atoms. The molecule has 0 aliphatic heterocycles. The van der Waals surface area contributed by atoms with Crippen LogP contribution < -0.4 is 0 Å². The molecule has 0 radical (unpaired) electrons. The summed E-state index contributed by atoms with van der Waals surface area (Å²) in [6.45, 7) is 6.19. The Hall–Kier alpha value is -0.560. The minimum atomic E-state index is 0.780. The molecule has 0 aromatic carbocycles. The fourth-order valence-electron chi connectivity index (χ4n) is 4.86. The average molecular weight is 347 g/mol. The maximum Gasteiger partial charge on any atom is 0.0651 e. The zero-order valence-corrected chi connectivity index (χ0v) is 16.9. The second-order valence-electron chi connectivity index (χ2n) is 8.53. The molecule has 2 fully saturated rings. The molecule has 0 amide bonds. The molecule has 25 heavy (non-hydrogen) atoms. The van der Waals surface area contributed by atoms with E-state index < -0.39 is 0 Å². The van der Waals surface area contributed by atoms with Gasteiger partial charge in [-0.25, -0.2) is 0 Å². The summed E-state index contributed by atoms with van der Waals surface area (Å²) in [5.74, 6) is 3.64. The van der Waals surface area contributed by atoms with E-state index >= 15 is 0 Å². The summed E-state index contributed by atoms with van der Waals surface area (Å²) < 4.78 is 5.76. The van der Waals surface area contributed by atoms with Gasteiger partial charge in [-0.3, -0.25) is 0 Å². The molecule has 0 unspecified atom stereocenters. The lowest BCUT2D eigenvalue weighted by atomic mass is 9.80. The van der Waals surface area contributed by atoms with Gasteiger partial charge in [-0.2, -0.15) is 0 Å². The zero-order chi connectivity index (χ0) is 17.7. The SMILES string of the molecule is CCC[C@H]1CC[C@H](/C=C/COC/C=C/[C@H]2CC[C@H](CCC)CC2)CC1. The van der Waals surface area contributed by atoms with Crippen LogP contribution in [0.5, 0.6) is 0 Å². The third-order valence-corrected chi connectivity index (χ3v) is 6.42. The summed E-state index contributed by atoms with van der Waals surface area (Å²) >= 11 is 0. The first-order valence-corrected chi connectivity index (χ1v) is 11.2. The Morgan fingerprint density at radius 1 is 0.640 bits per heavy atom. The Bertz CT molecular complexity index is 332. The Balaban J connectivity index is 1.48. The molecule has 2 aliphatic rings. The van der Waals surface area contributed by atoms with Gasteiger partial charge in [0.15, 0.2) is 0 Å². The summed E-state index contributed by atoms with van der Waals surface area (Å²) in [6, 6.07) is 0. The van der Waals surface area contributed by atoms with Crippen LogP contribution in [-0.4, -0.2) is 13.2 Å². The van der Waals surface area contributed by atoms with Gasteiger partial charge in [-0.05, 0) is 75.0 Å². The van der Waals surface area contributed by atoms with Crippen LogP contribution in [0.3, 0.4) is 0 Å². The minimum Gasteiger partial charge on any atom is -0.373 e. The van der Waals surface area contributed by atoms with Gasteiger partial charge in [-0.1, -0.05) is 63.8 Å². The van der Waals surface area contributed by atoms with Crippen LogP contribution in [0, 0.1) is 23.7 Å². The fraction of sp³-hybridized carbons (Fsp3) is 0.833. The highest BCUT2D eigenvalue weighted by Crippen LogP contribution is 2.33. The van der Waals surface area contributed by atoms with Gasteiger partial charge in [-0.15, -0.1) is 0 Å². The predicted octanol–water partition coefficient (Wildman–Crippen LogP) is 7.33. The molecule has 144 valence electrons. The molecule has 1 nitrogen and oxygen atoms in total. The van der Waals surface area contributed by atoms with Gasteiger partial charge in [0.1, 0.15) is 0 Å². The molecule has 0 saturated heterocycles. The quantitative estimate of drug-likeness (QED) is 0.297. The van der Waals surface area contributed by atoms with E-state index in [-0.39, 0.29) is 0 Å². The molecule has 0 aromatic rings. The monoisotopic (exact) mass is 346 g/mol. The summed E-state index contributed by atoms with van der Waals surface area (Å²) in [5.41, 5.74) is 0. The number of hydrogen-bond donors (Lipinski definition) is 0. The van der Waals surface area contributed by atoms with Gasteiger partial charge in [0.2, 0.25) is 0 Å². The van der Waals surface area contributed by atoms with Gasteiger partial charge in [0, 0.05) is 0 Å². The Kier molecular flexibility index (Phi) is 10.6. The fourth-order valence-corrected chi connectivity index (χ4v) is 4.86. The summed E-state index contributed by atoms with van der Waals surface area (Å²) in [6.07, 6.45) is 26.2. The Labute approximate surface area is 157 Å². The lowest BCUT2D eigenvalue weighted by molar-refractivity contribution is 0.192. The molecule has 2 aliphatic carbocycles. The summed E-state index contributed by atoms with van der Waals surface area (Å²) in [7, 11) is 0. The van der Waals surface area contributed by atoms with Gasteiger partial charge >= 0.3 is 0 Å². The Morgan fingerprint density at radius 2 is 1.04 bits per heavy atom. The molecule has 0 atom stereocenters. The van der Waals surface area contributed by atoms with Crippen molar-refractivity contribution in [3.8, 4) is 0 Å². The zero-order valence-electron chi connectivity index (χ0n) is 16.9. The van der Waals surface area contributed by atoms with Crippen LogP contribution in [0.4, 0.5) is 0 Å². The molecule has 0 spiro atoms. The first-order chi connectivity index (χ1) is 12.3. The van der Waals surface area contributed by atoms with Crippen molar-refractivity contribution in [3.05, 3.63) is 24.3 Å². The number of ether oxygens (including phenoxy) is 1. The second kappa shape index (κ2) is 12.7. The molecule has 2 saturated carbocycles. The molecule has 2 rings (SSSR count). The van der Waals surface area contributed by atoms with E-state index in [1.807, 2.05) is 0 Å². The van der Waals surface area contributed by atoms with Crippen molar-refractivity contribution in [2.45, 2.75) is 90.9 Å². The number of hydrogen-bond acceptors (Lipinski definition) is 1. The third-order valence-electron chi connectivity index (χ3n) is 6.42. The van der Waals surface area contributed by atoms with Crippen LogP contribution in [0.1, 0.15) is 90.9 Å². The van der Waals surface area contributed by atoms with Crippen molar-refractivity contribution in [1.29, 1.82) is 0 Å². The number of rotatable bonds is 10. The summed E-state index contributed by atoms with van der Waals surface area (Å²) in [4.78, 5) is 0. The average Bonchev–Trinajstić information content (AvgIpc) is 2.64. The normalized spacial score (nSPS) is 31.1. The molecule has 1 heteroatoms. The van der Waals surface area contributed by atoms with Crippen molar-refractivity contribution in [3.63, 3.8) is 0 Å². The van der Waals surface area contributed by atoms with E-state index in [4.69, 9.17) is 4.74 Å². The Morgan fingerprint density at radius 3 is 1.40 bits per heavy atom. The molecular weight excluding hydrogens is 304 g/mol. The van der Waals surface area contributed by atoms with Crippen molar-refractivity contribution >= 4 is 0 Å². The molecule has 0 N–H and O–H groups in total.